The summed E-state index contributed by atoms with van der Waals surface area (Å²) in [7, 11) is 0. The third kappa shape index (κ3) is 3.55. The van der Waals surface area contributed by atoms with Crippen molar-refractivity contribution in [1.82, 2.24) is 0 Å². The Morgan fingerprint density at radius 2 is 0.941 bits per heavy atom. The minimum atomic E-state index is -1.32. The number of aromatic carboxylic acids is 2. The number of carbonyl (C=O) groups is 2. The summed E-state index contributed by atoms with van der Waals surface area (Å²) < 4.78 is 1.21. The van der Waals surface area contributed by atoms with Crippen molar-refractivity contribution in [1.29, 1.82) is 0 Å². The molecule has 1 aromatic rings. The summed E-state index contributed by atoms with van der Waals surface area (Å²) in [6, 6.07) is 0. The van der Waals surface area contributed by atoms with E-state index >= 15 is 0 Å². The topological polar surface area (TPSA) is 74.6 Å². The van der Waals surface area contributed by atoms with Crippen LogP contribution in [0.5, 0.6) is 0 Å². The molecule has 17 heavy (non-hydrogen) atoms. The molecule has 0 aliphatic rings. The summed E-state index contributed by atoms with van der Waals surface area (Å²) in [4.78, 5) is 22.0. The summed E-state index contributed by atoms with van der Waals surface area (Å²) in [5.74, 6) is -2.64. The minimum absolute atomic E-state index is 0. The fraction of sp³-hybridized carbons (Fsp3) is 0. The first-order valence-electron chi connectivity index (χ1n) is 3.61. The Kier molecular flexibility index (Phi) is 7.47. The standard InChI is InChI=1S/C8H2Br4O4.Na.H/c9-3-1(7(13)14)2(8(15)16)4(10)6(12)5(3)11;;/h(H,13,14)(H,15,16);;. The van der Waals surface area contributed by atoms with E-state index < -0.39 is 11.9 Å². The molecule has 4 nitrogen and oxygen atoms in total. The molecule has 0 bridgehead atoms. The van der Waals surface area contributed by atoms with Crippen LogP contribution in [0.3, 0.4) is 0 Å². The van der Waals surface area contributed by atoms with E-state index in [9.17, 15) is 9.59 Å². The van der Waals surface area contributed by atoms with Gasteiger partial charge in [-0.25, -0.2) is 9.59 Å². The van der Waals surface area contributed by atoms with Crippen LogP contribution >= 0.6 is 63.7 Å². The molecular weight excluding hydrogens is 503 g/mol. The number of carboxylic acids is 2. The van der Waals surface area contributed by atoms with Crippen molar-refractivity contribution >= 4 is 105 Å². The predicted molar refractivity (Wildman–Crippen MR) is 78.3 cm³/mol. The molecule has 0 aliphatic carbocycles. The zero-order valence-electron chi connectivity index (χ0n) is 7.22. The summed E-state index contributed by atoms with van der Waals surface area (Å²) in [6.45, 7) is 0. The van der Waals surface area contributed by atoms with E-state index in [2.05, 4.69) is 63.7 Å². The monoisotopic (exact) mass is 502 g/mol. The number of benzene rings is 1. The van der Waals surface area contributed by atoms with Gasteiger partial charge in [0.15, 0.2) is 0 Å². The second kappa shape index (κ2) is 7.02. The number of halogens is 4. The molecule has 0 unspecified atom stereocenters. The van der Waals surface area contributed by atoms with Gasteiger partial charge in [0.05, 0.1) is 11.1 Å². The van der Waals surface area contributed by atoms with Crippen LogP contribution in [0.4, 0.5) is 0 Å². The van der Waals surface area contributed by atoms with Crippen LogP contribution in [0, 0.1) is 0 Å². The van der Waals surface area contributed by atoms with Gasteiger partial charge in [0.25, 0.3) is 0 Å². The second-order valence-corrected chi connectivity index (χ2v) is 5.79. The molecule has 2 N–H and O–H groups in total. The third-order valence-electron chi connectivity index (χ3n) is 1.69. The van der Waals surface area contributed by atoms with Gasteiger partial charge in [-0.15, -0.1) is 0 Å². The Bertz CT molecular complexity index is 458. The quantitative estimate of drug-likeness (QED) is 0.367. The molecule has 1 rings (SSSR count). The summed E-state index contributed by atoms with van der Waals surface area (Å²) in [5.41, 5.74) is -0.621. The maximum absolute atomic E-state index is 11.0. The SMILES string of the molecule is O=C(O)c1c(Br)c(Br)c(Br)c(Br)c1C(=O)O.[NaH]. The van der Waals surface area contributed by atoms with E-state index in [1.54, 1.807) is 0 Å². The van der Waals surface area contributed by atoms with Gasteiger partial charge >= 0.3 is 41.5 Å². The van der Waals surface area contributed by atoms with Gasteiger partial charge in [-0.3, -0.25) is 0 Å². The summed E-state index contributed by atoms with van der Waals surface area (Å²) in [6.07, 6.45) is 0. The van der Waals surface area contributed by atoms with Crippen molar-refractivity contribution in [2.24, 2.45) is 0 Å². The van der Waals surface area contributed by atoms with E-state index in [0.717, 1.165) is 0 Å². The molecule has 0 spiro atoms. The zero-order valence-corrected chi connectivity index (χ0v) is 13.6. The normalized spacial score (nSPS) is 9.65. The Morgan fingerprint density at radius 1 is 0.706 bits per heavy atom. The summed E-state index contributed by atoms with van der Waals surface area (Å²) in [5, 5.41) is 18.0. The molecule has 0 atom stereocenters. The van der Waals surface area contributed by atoms with Crippen molar-refractivity contribution in [3.63, 3.8) is 0 Å². The fourth-order valence-electron chi connectivity index (χ4n) is 1.03. The van der Waals surface area contributed by atoms with Gasteiger partial charge in [-0.05, 0) is 63.7 Å². The first kappa shape index (κ1) is 18.1. The van der Waals surface area contributed by atoms with E-state index in [0.29, 0.717) is 8.95 Å². The number of hydrogen-bond donors (Lipinski definition) is 2. The molecule has 88 valence electrons. The average molecular weight is 506 g/mol. The number of carboxylic acid groups (broad SMARTS) is 2. The van der Waals surface area contributed by atoms with Gasteiger partial charge < -0.3 is 10.2 Å². The Balaban J connectivity index is 0.00000256. The molecule has 0 saturated carbocycles. The van der Waals surface area contributed by atoms with Gasteiger partial charge in [0.1, 0.15) is 0 Å². The average Bonchev–Trinajstić information content (AvgIpc) is 2.18. The van der Waals surface area contributed by atoms with Crippen LogP contribution in [0.1, 0.15) is 20.7 Å². The van der Waals surface area contributed by atoms with Crippen LogP contribution in [0.25, 0.3) is 0 Å². The third-order valence-corrected chi connectivity index (χ3v) is 6.46. The van der Waals surface area contributed by atoms with Crippen LogP contribution in [0.2, 0.25) is 0 Å². The van der Waals surface area contributed by atoms with Crippen LogP contribution in [0.15, 0.2) is 17.9 Å². The van der Waals surface area contributed by atoms with Crippen molar-refractivity contribution < 1.29 is 19.8 Å². The van der Waals surface area contributed by atoms with Crippen molar-refractivity contribution in [3.8, 4) is 0 Å². The number of rotatable bonds is 2. The van der Waals surface area contributed by atoms with Crippen LogP contribution in [-0.2, 0) is 0 Å². The molecular formula is C8H3Br4NaO4. The van der Waals surface area contributed by atoms with Crippen LogP contribution in [-0.4, -0.2) is 51.7 Å². The molecule has 0 heterocycles. The van der Waals surface area contributed by atoms with Crippen molar-refractivity contribution in [2.45, 2.75) is 0 Å². The predicted octanol–water partition coefficient (Wildman–Crippen LogP) is 3.48. The molecule has 0 radical (unpaired) electrons. The first-order valence-corrected chi connectivity index (χ1v) is 6.78. The van der Waals surface area contributed by atoms with E-state index in [1.165, 1.54) is 0 Å². The van der Waals surface area contributed by atoms with E-state index in [-0.39, 0.29) is 49.6 Å². The second-order valence-electron chi connectivity index (χ2n) is 2.62. The van der Waals surface area contributed by atoms with Crippen LogP contribution < -0.4 is 0 Å². The Hall–Kier alpha value is 1.08. The van der Waals surface area contributed by atoms with Crippen molar-refractivity contribution in [3.05, 3.63) is 29.0 Å². The molecule has 0 aromatic heterocycles. The first-order chi connectivity index (χ1) is 7.29. The van der Waals surface area contributed by atoms with E-state index in [1.807, 2.05) is 0 Å². The Morgan fingerprint density at radius 3 is 1.12 bits per heavy atom. The molecule has 0 saturated heterocycles. The maximum atomic E-state index is 11.0. The molecule has 9 heteroatoms. The zero-order chi connectivity index (χ0) is 12.6. The van der Waals surface area contributed by atoms with Gasteiger partial charge in [-0.1, -0.05) is 0 Å². The molecule has 0 fully saturated rings. The van der Waals surface area contributed by atoms with E-state index in [4.69, 9.17) is 10.2 Å². The molecule has 0 amide bonds. The molecule has 1 aromatic carbocycles. The van der Waals surface area contributed by atoms with Gasteiger partial charge in [0.2, 0.25) is 0 Å². The fourth-order valence-corrected chi connectivity index (χ4v) is 3.49. The summed E-state index contributed by atoms with van der Waals surface area (Å²) >= 11 is 12.4. The number of hydrogen-bond acceptors (Lipinski definition) is 2. The van der Waals surface area contributed by atoms with Crippen molar-refractivity contribution in [2.75, 3.05) is 0 Å². The van der Waals surface area contributed by atoms with Gasteiger partial charge in [-0.2, -0.15) is 0 Å². The Labute approximate surface area is 152 Å². The van der Waals surface area contributed by atoms with Gasteiger partial charge in [0, 0.05) is 17.9 Å². The molecule has 0 aliphatic heterocycles.